The Bertz CT molecular complexity index is 287. The highest BCUT2D eigenvalue weighted by Gasteiger charge is 2.04. The molecule has 13 heavy (non-hydrogen) atoms. The maximum absolute atomic E-state index is 5.85. The molecule has 0 amide bonds. The van der Waals surface area contributed by atoms with Crippen molar-refractivity contribution in [2.75, 3.05) is 11.1 Å². The first-order valence-electron chi connectivity index (χ1n) is 4.01. The third-order valence-corrected chi connectivity index (χ3v) is 2.16. The fourth-order valence-corrected chi connectivity index (χ4v) is 1.49. The van der Waals surface area contributed by atoms with Crippen LogP contribution in [0.4, 0.5) is 11.4 Å². The van der Waals surface area contributed by atoms with Gasteiger partial charge in [-0.05, 0) is 26.0 Å². The van der Waals surface area contributed by atoms with Crippen LogP contribution in [0.5, 0.6) is 0 Å². The number of hydrogen-bond acceptors (Lipinski definition) is 2. The quantitative estimate of drug-likeness (QED) is 0.748. The lowest BCUT2D eigenvalue weighted by molar-refractivity contribution is 0.900. The van der Waals surface area contributed by atoms with Gasteiger partial charge in [0.15, 0.2) is 0 Å². The lowest BCUT2D eigenvalue weighted by Gasteiger charge is -2.11. The maximum atomic E-state index is 5.85. The van der Waals surface area contributed by atoms with Crippen molar-refractivity contribution in [3.05, 3.63) is 22.2 Å². The van der Waals surface area contributed by atoms with Crippen molar-refractivity contribution < 1.29 is 0 Å². The summed E-state index contributed by atoms with van der Waals surface area (Å²) in [6.45, 7) is 4.08. The average molecular weight is 219 g/mol. The van der Waals surface area contributed by atoms with E-state index in [1.165, 1.54) is 0 Å². The lowest BCUT2D eigenvalue weighted by atomic mass is 10.2. The van der Waals surface area contributed by atoms with Crippen LogP contribution >= 0.6 is 23.2 Å². The Hall–Kier alpha value is -0.600. The van der Waals surface area contributed by atoms with Gasteiger partial charge in [-0.15, -0.1) is 0 Å². The molecular weight excluding hydrogens is 207 g/mol. The van der Waals surface area contributed by atoms with Crippen LogP contribution in [-0.2, 0) is 0 Å². The van der Waals surface area contributed by atoms with E-state index >= 15 is 0 Å². The van der Waals surface area contributed by atoms with Gasteiger partial charge in [0.05, 0.1) is 15.7 Å². The van der Waals surface area contributed by atoms with Crippen molar-refractivity contribution in [1.29, 1.82) is 0 Å². The molecule has 1 rings (SSSR count). The Labute approximate surface area is 88.0 Å². The van der Waals surface area contributed by atoms with Crippen LogP contribution in [0.1, 0.15) is 13.8 Å². The molecule has 0 aliphatic rings. The van der Waals surface area contributed by atoms with Crippen molar-refractivity contribution in [2.45, 2.75) is 19.9 Å². The summed E-state index contributed by atoms with van der Waals surface area (Å²) < 4.78 is 0. The van der Waals surface area contributed by atoms with E-state index in [0.717, 1.165) is 5.69 Å². The predicted octanol–water partition coefficient (Wildman–Crippen LogP) is 3.40. The first-order chi connectivity index (χ1) is 6.00. The largest absolute Gasteiger partial charge is 0.396 e. The summed E-state index contributed by atoms with van der Waals surface area (Å²) in [5.41, 5.74) is 6.91. The molecule has 0 aromatic heterocycles. The second-order valence-electron chi connectivity index (χ2n) is 3.15. The van der Waals surface area contributed by atoms with E-state index < -0.39 is 0 Å². The maximum Gasteiger partial charge on any atom is 0.0694 e. The van der Waals surface area contributed by atoms with Gasteiger partial charge in [0.2, 0.25) is 0 Å². The third-order valence-electron chi connectivity index (χ3n) is 1.53. The number of hydrogen-bond donors (Lipinski definition) is 2. The minimum absolute atomic E-state index is 0.343. The van der Waals surface area contributed by atoms with Crippen molar-refractivity contribution in [3.8, 4) is 0 Å². The van der Waals surface area contributed by atoms with E-state index in [1.54, 1.807) is 12.1 Å². The van der Waals surface area contributed by atoms with E-state index in [1.807, 2.05) is 13.8 Å². The zero-order valence-corrected chi connectivity index (χ0v) is 9.08. The van der Waals surface area contributed by atoms with Crippen molar-refractivity contribution >= 4 is 34.6 Å². The molecule has 0 radical (unpaired) electrons. The zero-order chi connectivity index (χ0) is 10.0. The minimum Gasteiger partial charge on any atom is -0.396 e. The fourth-order valence-electron chi connectivity index (χ4n) is 1.00. The van der Waals surface area contributed by atoms with Crippen LogP contribution < -0.4 is 11.1 Å². The number of nitrogen functional groups attached to an aromatic ring is 1. The summed E-state index contributed by atoms with van der Waals surface area (Å²) in [7, 11) is 0. The van der Waals surface area contributed by atoms with Crippen LogP contribution in [0.25, 0.3) is 0 Å². The molecule has 72 valence electrons. The van der Waals surface area contributed by atoms with Crippen LogP contribution in [0.15, 0.2) is 12.1 Å². The van der Waals surface area contributed by atoms with Gasteiger partial charge >= 0.3 is 0 Å². The number of nitrogens with one attached hydrogen (secondary N) is 1. The molecule has 3 N–H and O–H groups in total. The Kier molecular flexibility index (Phi) is 3.28. The Balaban J connectivity index is 2.99. The number of benzene rings is 1. The zero-order valence-electron chi connectivity index (χ0n) is 7.57. The van der Waals surface area contributed by atoms with Gasteiger partial charge in [-0.1, -0.05) is 23.2 Å². The summed E-state index contributed by atoms with van der Waals surface area (Å²) in [5.74, 6) is 0. The van der Waals surface area contributed by atoms with Crippen molar-refractivity contribution in [2.24, 2.45) is 0 Å². The summed E-state index contributed by atoms with van der Waals surface area (Å²) >= 11 is 11.7. The molecule has 0 bridgehead atoms. The lowest BCUT2D eigenvalue weighted by Crippen LogP contribution is -2.09. The summed E-state index contributed by atoms with van der Waals surface area (Å²) in [4.78, 5) is 0. The molecule has 0 spiro atoms. The van der Waals surface area contributed by atoms with Crippen LogP contribution in [0, 0.1) is 0 Å². The van der Waals surface area contributed by atoms with Gasteiger partial charge in [-0.25, -0.2) is 0 Å². The molecular formula is C9H12Cl2N2. The molecule has 1 aromatic carbocycles. The molecule has 0 fully saturated rings. The van der Waals surface area contributed by atoms with Gasteiger partial charge in [0.25, 0.3) is 0 Å². The molecule has 0 unspecified atom stereocenters. The average Bonchev–Trinajstić information content (AvgIpc) is 1.98. The molecule has 0 aliphatic carbocycles. The highest BCUT2D eigenvalue weighted by molar-refractivity contribution is 6.39. The first kappa shape index (κ1) is 10.5. The highest BCUT2D eigenvalue weighted by atomic mass is 35.5. The van der Waals surface area contributed by atoms with Crippen molar-refractivity contribution in [3.63, 3.8) is 0 Å². The van der Waals surface area contributed by atoms with E-state index in [-0.39, 0.29) is 0 Å². The van der Waals surface area contributed by atoms with E-state index in [0.29, 0.717) is 21.8 Å². The van der Waals surface area contributed by atoms with E-state index in [4.69, 9.17) is 28.9 Å². The molecule has 0 saturated carbocycles. The second kappa shape index (κ2) is 4.07. The molecule has 1 aromatic rings. The first-order valence-corrected chi connectivity index (χ1v) is 4.77. The monoisotopic (exact) mass is 218 g/mol. The topological polar surface area (TPSA) is 38.0 Å². The second-order valence-corrected chi connectivity index (χ2v) is 3.97. The van der Waals surface area contributed by atoms with Gasteiger partial charge in [0, 0.05) is 11.7 Å². The number of halogens is 2. The molecule has 0 atom stereocenters. The Morgan fingerprint density at radius 1 is 1.23 bits per heavy atom. The molecule has 2 nitrogen and oxygen atoms in total. The smallest absolute Gasteiger partial charge is 0.0694 e. The molecule has 0 aliphatic heterocycles. The summed E-state index contributed by atoms with van der Waals surface area (Å²) in [6.07, 6.45) is 0. The normalized spacial score (nSPS) is 10.5. The SMILES string of the molecule is CC(C)Nc1cc(Cl)c(N)c(Cl)c1. The fraction of sp³-hybridized carbons (Fsp3) is 0.333. The van der Waals surface area contributed by atoms with E-state index in [9.17, 15) is 0 Å². The van der Waals surface area contributed by atoms with Gasteiger partial charge < -0.3 is 11.1 Å². The standard InChI is InChI=1S/C9H12Cl2N2/c1-5(2)13-6-3-7(10)9(12)8(11)4-6/h3-5,13H,12H2,1-2H3. The van der Waals surface area contributed by atoms with Gasteiger partial charge in [0.1, 0.15) is 0 Å². The number of rotatable bonds is 2. The number of nitrogens with two attached hydrogens (primary N) is 1. The van der Waals surface area contributed by atoms with Gasteiger partial charge in [-0.2, -0.15) is 0 Å². The predicted molar refractivity (Wildman–Crippen MR) is 59.6 cm³/mol. The van der Waals surface area contributed by atoms with Crippen LogP contribution in [0.3, 0.4) is 0 Å². The van der Waals surface area contributed by atoms with Crippen molar-refractivity contribution in [1.82, 2.24) is 0 Å². The van der Waals surface area contributed by atoms with Crippen LogP contribution in [-0.4, -0.2) is 6.04 Å². The highest BCUT2D eigenvalue weighted by Crippen LogP contribution is 2.31. The summed E-state index contributed by atoms with van der Waals surface area (Å²) in [6, 6.07) is 3.88. The van der Waals surface area contributed by atoms with Gasteiger partial charge in [-0.3, -0.25) is 0 Å². The molecule has 0 saturated heterocycles. The molecule has 4 heteroatoms. The summed E-state index contributed by atoms with van der Waals surface area (Å²) in [5, 5.41) is 4.15. The minimum atomic E-state index is 0.343. The third kappa shape index (κ3) is 2.68. The Morgan fingerprint density at radius 2 is 1.69 bits per heavy atom. The number of anilines is 2. The van der Waals surface area contributed by atoms with Crippen LogP contribution in [0.2, 0.25) is 10.0 Å². The Morgan fingerprint density at radius 3 is 2.08 bits per heavy atom. The molecule has 0 heterocycles. The van der Waals surface area contributed by atoms with E-state index in [2.05, 4.69) is 5.32 Å².